The van der Waals surface area contributed by atoms with Gasteiger partial charge in [-0.2, -0.15) is 0 Å². The number of carbonyl (C=O) groups is 1. The Balaban J connectivity index is 1.81. The fourth-order valence-electron chi connectivity index (χ4n) is 3.03. The summed E-state index contributed by atoms with van der Waals surface area (Å²) >= 11 is 0. The molecule has 0 radical (unpaired) electrons. The van der Waals surface area contributed by atoms with Crippen LogP contribution >= 0.6 is 0 Å². The van der Waals surface area contributed by atoms with E-state index >= 15 is 0 Å². The van der Waals surface area contributed by atoms with Gasteiger partial charge in [0.05, 0.1) is 16.6 Å². The fourth-order valence-corrected chi connectivity index (χ4v) is 3.03. The van der Waals surface area contributed by atoms with Crippen molar-refractivity contribution < 1.29 is 9.53 Å². The van der Waals surface area contributed by atoms with Crippen molar-refractivity contribution in [3.63, 3.8) is 0 Å². The minimum absolute atomic E-state index is 0.240. The number of nitrogens with zero attached hydrogens (tertiary/aromatic N) is 2. The summed E-state index contributed by atoms with van der Waals surface area (Å²) in [6.45, 7) is 0.685. The summed E-state index contributed by atoms with van der Waals surface area (Å²) in [5.41, 5.74) is 8.11. The lowest BCUT2D eigenvalue weighted by atomic mass is 10.0. The number of aromatic nitrogens is 2. The van der Waals surface area contributed by atoms with Gasteiger partial charge in [0.25, 0.3) is 5.91 Å². The van der Waals surface area contributed by atoms with Gasteiger partial charge < -0.3 is 15.8 Å². The van der Waals surface area contributed by atoms with Crippen LogP contribution in [-0.2, 0) is 0 Å². The molecule has 2 aromatic carbocycles. The van der Waals surface area contributed by atoms with Crippen molar-refractivity contribution in [1.82, 2.24) is 9.97 Å². The number of hydrogen-bond donors (Lipinski definition) is 2. The minimum Gasteiger partial charge on any atom is -0.475 e. The van der Waals surface area contributed by atoms with Crippen molar-refractivity contribution >= 4 is 33.4 Å². The van der Waals surface area contributed by atoms with Crippen molar-refractivity contribution in [2.75, 3.05) is 18.5 Å². The van der Waals surface area contributed by atoms with E-state index in [1.54, 1.807) is 18.3 Å². The van der Waals surface area contributed by atoms with E-state index < -0.39 is 0 Å². The van der Waals surface area contributed by atoms with Gasteiger partial charge >= 0.3 is 0 Å². The van der Waals surface area contributed by atoms with Crippen LogP contribution in [0.15, 0.2) is 66.9 Å². The molecule has 0 bridgehead atoms. The number of carbonyl (C=O) groups excluding carboxylic acids is 1. The first-order valence-electron chi connectivity index (χ1n) is 8.64. The van der Waals surface area contributed by atoms with Gasteiger partial charge in [-0.3, -0.25) is 4.79 Å². The third-order valence-corrected chi connectivity index (χ3v) is 4.19. The molecule has 0 spiro atoms. The van der Waals surface area contributed by atoms with Crippen molar-refractivity contribution in [1.29, 1.82) is 0 Å². The molecule has 1 amide bonds. The van der Waals surface area contributed by atoms with Crippen LogP contribution in [0.2, 0.25) is 0 Å². The molecule has 0 unspecified atom stereocenters. The van der Waals surface area contributed by atoms with Crippen molar-refractivity contribution in [3.05, 3.63) is 72.4 Å². The zero-order valence-electron chi connectivity index (χ0n) is 14.6. The minimum atomic E-state index is -0.240. The topological polar surface area (TPSA) is 90.1 Å². The molecule has 0 atom stereocenters. The Labute approximate surface area is 156 Å². The predicted octanol–water partition coefficient (Wildman–Crippen LogP) is 3.37. The van der Waals surface area contributed by atoms with E-state index in [2.05, 4.69) is 15.3 Å². The number of hydrogen-bond acceptors (Lipinski definition) is 5. The Bertz CT molecular complexity index is 1070. The second kappa shape index (κ2) is 7.39. The molecule has 6 nitrogen and oxygen atoms in total. The van der Waals surface area contributed by atoms with Crippen LogP contribution in [0.25, 0.3) is 21.8 Å². The lowest BCUT2D eigenvalue weighted by Crippen LogP contribution is -2.16. The average Bonchev–Trinajstić information content (AvgIpc) is 2.71. The van der Waals surface area contributed by atoms with Crippen LogP contribution in [0.4, 0.5) is 5.69 Å². The number of nitrogens with one attached hydrogen (secondary N) is 1. The monoisotopic (exact) mass is 358 g/mol. The van der Waals surface area contributed by atoms with Crippen LogP contribution < -0.4 is 15.8 Å². The summed E-state index contributed by atoms with van der Waals surface area (Å²) in [5.74, 6) is 0.106. The van der Waals surface area contributed by atoms with E-state index in [0.29, 0.717) is 30.3 Å². The average molecular weight is 358 g/mol. The van der Waals surface area contributed by atoms with Crippen LogP contribution in [0.5, 0.6) is 5.88 Å². The van der Waals surface area contributed by atoms with E-state index in [1.807, 2.05) is 48.5 Å². The molecule has 3 N–H and O–H groups in total. The molecular formula is C21H18N4O2. The molecule has 4 aromatic rings. The zero-order valence-corrected chi connectivity index (χ0v) is 14.6. The third kappa shape index (κ3) is 3.30. The predicted molar refractivity (Wildman–Crippen MR) is 106 cm³/mol. The first-order chi connectivity index (χ1) is 13.3. The van der Waals surface area contributed by atoms with E-state index in [0.717, 1.165) is 21.8 Å². The zero-order chi connectivity index (χ0) is 18.6. The van der Waals surface area contributed by atoms with Crippen LogP contribution in [0.1, 0.15) is 10.4 Å². The van der Waals surface area contributed by atoms with Gasteiger partial charge in [0.15, 0.2) is 0 Å². The van der Waals surface area contributed by atoms with Gasteiger partial charge in [-0.05, 0) is 24.3 Å². The lowest BCUT2D eigenvalue weighted by molar-refractivity contribution is 0.102. The molecule has 134 valence electrons. The number of ether oxygens (including phenoxy) is 1. The third-order valence-electron chi connectivity index (χ3n) is 4.19. The summed E-state index contributed by atoms with van der Waals surface area (Å²) in [6.07, 6.45) is 1.61. The highest BCUT2D eigenvalue weighted by atomic mass is 16.5. The Hall–Kier alpha value is -3.51. The van der Waals surface area contributed by atoms with Crippen molar-refractivity contribution in [3.8, 4) is 5.88 Å². The number of amides is 1. The van der Waals surface area contributed by atoms with Gasteiger partial charge in [-0.1, -0.05) is 36.4 Å². The molecule has 2 aromatic heterocycles. The number of nitrogens with two attached hydrogens (primary N) is 1. The maximum absolute atomic E-state index is 13.2. The summed E-state index contributed by atoms with van der Waals surface area (Å²) in [5, 5.41) is 4.51. The van der Waals surface area contributed by atoms with Gasteiger partial charge in [0.2, 0.25) is 5.88 Å². The smallest absolute Gasteiger partial charge is 0.257 e. The quantitative estimate of drug-likeness (QED) is 0.534. The molecule has 0 fully saturated rings. The maximum atomic E-state index is 13.2. The summed E-state index contributed by atoms with van der Waals surface area (Å²) < 4.78 is 5.53. The van der Waals surface area contributed by atoms with Gasteiger partial charge in [-0.15, -0.1) is 0 Å². The maximum Gasteiger partial charge on any atom is 0.257 e. The fraction of sp³-hybridized carbons (Fsp3) is 0.0952. The highest BCUT2D eigenvalue weighted by Gasteiger charge is 2.17. The lowest BCUT2D eigenvalue weighted by Gasteiger charge is -2.13. The van der Waals surface area contributed by atoms with E-state index in [9.17, 15) is 4.79 Å². The first kappa shape index (κ1) is 16.9. The standard InChI is InChI=1S/C21H18N4O2/c22-11-13-27-21-18(10-5-12-23-21)25-20(26)19-14-6-1-3-8-16(14)24-17-9-4-2-7-15(17)19/h1-10,12H,11,13,22H2,(H,25,26). The molecule has 2 heterocycles. The highest BCUT2D eigenvalue weighted by molar-refractivity contribution is 6.20. The second-order valence-corrected chi connectivity index (χ2v) is 5.97. The van der Waals surface area contributed by atoms with Gasteiger partial charge in [-0.25, -0.2) is 9.97 Å². The van der Waals surface area contributed by atoms with Crippen molar-refractivity contribution in [2.24, 2.45) is 5.73 Å². The van der Waals surface area contributed by atoms with E-state index in [4.69, 9.17) is 10.5 Å². The van der Waals surface area contributed by atoms with E-state index in [-0.39, 0.29) is 5.91 Å². The Kier molecular flexibility index (Phi) is 4.63. The summed E-state index contributed by atoms with van der Waals surface area (Å²) in [7, 11) is 0. The SMILES string of the molecule is NCCOc1ncccc1NC(=O)c1c2ccccc2nc2ccccc12. The number of pyridine rings is 2. The molecular weight excluding hydrogens is 340 g/mol. The molecule has 0 aliphatic carbocycles. The normalized spacial score (nSPS) is 10.9. The first-order valence-corrected chi connectivity index (χ1v) is 8.64. The number of fused-ring (bicyclic) bond motifs is 2. The van der Waals surface area contributed by atoms with Gasteiger partial charge in [0.1, 0.15) is 12.3 Å². The second-order valence-electron chi connectivity index (χ2n) is 5.97. The van der Waals surface area contributed by atoms with Crippen LogP contribution in [-0.4, -0.2) is 29.0 Å². The summed E-state index contributed by atoms with van der Waals surface area (Å²) in [6, 6.07) is 18.7. The van der Waals surface area contributed by atoms with Crippen molar-refractivity contribution in [2.45, 2.75) is 0 Å². The Morgan fingerprint density at radius 2 is 1.63 bits per heavy atom. The summed E-state index contributed by atoms with van der Waals surface area (Å²) in [4.78, 5) is 22.1. The Morgan fingerprint density at radius 1 is 0.963 bits per heavy atom. The molecule has 0 aliphatic heterocycles. The van der Waals surface area contributed by atoms with Gasteiger partial charge in [0, 0.05) is 23.5 Å². The molecule has 27 heavy (non-hydrogen) atoms. The molecule has 0 saturated carbocycles. The molecule has 0 saturated heterocycles. The Morgan fingerprint density at radius 3 is 2.30 bits per heavy atom. The molecule has 0 aliphatic rings. The largest absolute Gasteiger partial charge is 0.475 e. The number of anilines is 1. The molecule has 6 heteroatoms. The molecule has 4 rings (SSSR count). The van der Waals surface area contributed by atoms with E-state index in [1.165, 1.54) is 0 Å². The number of benzene rings is 2. The number of para-hydroxylation sites is 2. The number of rotatable bonds is 5. The highest BCUT2D eigenvalue weighted by Crippen LogP contribution is 2.28. The van der Waals surface area contributed by atoms with Crippen LogP contribution in [0.3, 0.4) is 0 Å². The van der Waals surface area contributed by atoms with Crippen LogP contribution in [0, 0.1) is 0 Å².